The van der Waals surface area contributed by atoms with Gasteiger partial charge in [0, 0.05) is 17.8 Å². The fourth-order valence-corrected chi connectivity index (χ4v) is 3.54. The van der Waals surface area contributed by atoms with E-state index >= 15 is 0 Å². The number of carboxylic acids is 1. The quantitative estimate of drug-likeness (QED) is 0.787. The van der Waals surface area contributed by atoms with Crippen molar-refractivity contribution in [3.05, 3.63) is 29.6 Å². The van der Waals surface area contributed by atoms with Gasteiger partial charge < -0.3 is 10.4 Å². The Labute approximate surface area is 109 Å². The van der Waals surface area contributed by atoms with Gasteiger partial charge in [-0.3, -0.25) is 4.79 Å². The van der Waals surface area contributed by atoms with Crippen LogP contribution in [-0.2, 0) is 9.84 Å². The number of sulfone groups is 1. The second-order valence-electron chi connectivity index (χ2n) is 4.31. The number of carboxylic acid groups (broad SMARTS) is 1. The molecule has 7 nitrogen and oxygen atoms in total. The molecule has 0 bridgehead atoms. The molecule has 0 radical (unpaired) electrons. The van der Waals surface area contributed by atoms with Gasteiger partial charge in [-0.25, -0.2) is 18.2 Å². The zero-order valence-corrected chi connectivity index (χ0v) is 10.7. The molecule has 1 aliphatic heterocycles. The van der Waals surface area contributed by atoms with Crippen LogP contribution in [0.1, 0.15) is 27.3 Å². The van der Waals surface area contributed by atoms with Crippen LogP contribution in [0.4, 0.5) is 0 Å². The van der Waals surface area contributed by atoms with Gasteiger partial charge in [0.1, 0.15) is 5.69 Å². The van der Waals surface area contributed by atoms with Gasteiger partial charge in [0.25, 0.3) is 5.91 Å². The number of nitrogens with one attached hydrogen (secondary N) is 1. The summed E-state index contributed by atoms with van der Waals surface area (Å²) in [7, 11) is -3.07. The lowest BCUT2D eigenvalue weighted by molar-refractivity contribution is 0.0690. The summed E-state index contributed by atoms with van der Waals surface area (Å²) in [4.78, 5) is 26.2. The number of aromatic carboxylic acids is 1. The van der Waals surface area contributed by atoms with Crippen LogP contribution < -0.4 is 5.32 Å². The van der Waals surface area contributed by atoms with Crippen LogP contribution >= 0.6 is 0 Å². The van der Waals surface area contributed by atoms with Crippen molar-refractivity contribution in [1.82, 2.24) is 10.3 Å². The predicted molar refractivity (Wildman–Crippen MR) is 65.7 cm³/mol. The smallest absolute Gasteiger partial charge is 0.354 e. The molecular weight excluding hydrogens is 272 g/mol. The fourth-order valence-electron chi connectivity index (χ4n) is 1.87. The van der Waals surface area contributed by atoms with Gasteiger partial charge in [0.2, 0.25) is 0 Å². The van der Waals surface area contributed by atoms with E-state index in [1.165, 1.54) is 12.3 Å². The van der Waals surface area contributed by atoms with Gasteiger partial charge in [0.15, 0.2) is 9.84 Å². The average molecular weight is 284 g/mol. The first-order valence-corrected chi connectivity index (χ1v) is 7.40. The number of pyridine rings is 1. The van der Waals surface area contributed by atoms with Crippen molar-refractivity contribution >= 4 is 21.7 Å². The summed E-state index contributed by atoms with van der Waals surface area (Å²) >= 11 is 0. The highest BCUT2D eigenvalue weighted by Gasteiger charge is 2.29. The van der Waals surface area contributed by atoms with E-state index in [0.29, 0.717) is 6.42 Å². The van der Waals surface area contributed by atoms with Gasteiger partial charge >= 0.3 is 5.97 Å². The minimum absolute atomic E-state index is 0.0642. The van der Waals surface area contributed by atoms with Crippen LogP contribution in [0.5, 0.6) is 0 Å². The van der Waals surface area contributed by atoms with Gasteiger partial charge in [-0.1, -0.05) is 0 Å². The van der Waals surface area contributed by atoms with E-state index in [9.17, 15) is 18.0 Å². The number of nitrogens with zero attached hydrogens (tertiary/aromatic N) is 1. The molecule has 1 amide bonds. The lowest BCUT2D eigenvalue weighted by Crippen LogP contribution is -2.35. The standard InChI is InChI=1S/C11H12N2O5S/c14-10(13-8-2-4-19(17,18)6-8)7-1-3-12-9(5-7)11(15)16/h1,3,5,8H,2,4,6H2,(H,13,14)(H,15,16). The van der Waals surface area contributed by atoms with E-state index in [1.807, 2.05) is 0 Å². The molecule has 0 aliphatic carbocycles. The van der Waals surface area contributed by atoms with E-state index < -0.39 is 27.8 Å². The summed E-state index contributed by atoms with van der Waals surface area (Å²) in [6.45, 7) is 0. The van der Waals surface area contributed by atoms with E-state index in [4.69, 9.17) is 5.11 Å². The molecule has 102 valence electrons. The Hall–Kier alpha value is -1.96. The number of rotatable bonds is 3. The lowest BCUT2D eigenvalue weighted by Gasteiger charge is -2.10. The van der Waals surface area contributed by atoms with E-state index in [-0.39, 0.29) is 22.8 Å². The van der Waals surface area contributed by atoms with E-state index in [0.717, 1.165) is 6.07 Å². The van der Waals surface area contributed by atoms with E-state index in [1.54, 1.807) is 0 Å². The molecule has 2 N–H and O–H groups in total. The van der Waals surface area contributed by atoms with Crippen LogP contribution in [-0.4, -0.2) is 47.9 Å². The van der Waals surface area contributed by atoms with Crippen molar-refractivity contribution in [2.24, 2.45) is 0 Å². The Morgan fingerprint density at radius 2 is 2.16 bits per heavy atom. The molecule has 1 aliphatic rings. The van der Waals surface area contributed by atoms with Crippen LogP contribution in [0.2, 0.25) is 0 Å². The third-order valence-corrected chi connectivity index (χ3v) is 4.58. The third kappa shape index (κ3) is 3.28. The first kappa shape index (κ1) is 13.5. The highest BCUT2D eigenvalue weighted by Crippen LogP contribution is 2.12. The maximum absolute atomic E-state index is 11.9. The molecule has 0 spiro atoms. The minimum atomic E-state index is -3.07. The van der Waals surface area contributed by atoms with Crippen LogP contribution in [0, 0.1) is 0 Å². The number of amides is 1. The Balaban J connectivity index is 2.08. The lowest BCUT2D eigenvalue weighted by atomic mass is 10.2. The minimum Gasteiger partial charge on any atom is -0.477 e. The number of hydrogen-bond acceptors (Lipinski definition) is 5. The van der Waals surface area contributed by atoms with Gasteiger partial charge in [-0.2, -0.15) is 0 Å². The molecule has 8 heteroatoms. The van der Waals surface area contributed by atoms with Gasteiger partial charge in [0.05, 0.1) is 11.5 Å². The maximum Gasteiger partial charge on any atom is 0.354 e. The van der Waals surface area contributed by atoms with Crippen molar-refractivity contribution in [3.8, 4) is 0 Å². The summed E-state index contributed by atoms with van der Waals surface area (Å²) in [6, 6.07) is 2.12. The first-order chi connectivity index (χ1) is 8.87. The molecule has 1 aromatic rings. The second-order valence-corrected chi connectivity index (χ2v) is 6.54. The summed E-state index contributed by atoms with van der Waals surface area (Å²) in [6.07, 6.45) is 1.61. The molecule has 2 rings (SSSR count). The molecule has 1 atom stereocenters. The second kappa shape index (κ2) is 4.96. The number of carbonyl (C=O) groups excluding carboxylic acids is 1. The Morgan fingerprint density at radius 1 is 1.42 bits per heavy atom. The summed E-state index contributed by atoms with van der Waals surface area (Å²) in [5, 5.41) is 11.3. The number of hydrogen-bond donors (Lipinski definition) is 2. The topological polar surface area (TPSA) is 113 Å². The molecule has 19 heavy (non-hydrogen) atoms. The Kier molecular flexibility index (Phi) is 3.52. The SMILES string of the molecule is O=C(NC1CCS(=O)(=O)C1)c1ccnc(C(=O)O)c1. The highest BCUT2D eigenvalue weighted by atomic mass is 32.2. The summed E-state index contributed by atoms with van der Waals surface area (Å²) in [5.41, 5.74) is -0.0802. The van der Waals surface area contributed by atoms with Crippen molar-refractivity contribution < 1.29 is 23.1 Å². The zero-order valence-electron chi connectivity index (χ0n) is 9.87. The molecular formula is C11H12N2O5S. The summed E-state index contributed by atoms with van der Waals surface area (Å²) < 4.78 is 22.5. The van der Waals surface area contributed by atoms with Crippen molar-refractivity contribution in [2.75, 3.05) is 11.5 Å². The monoisotopic (exact) mass is 284 g/mol. The van der Waals surface area contributed by atoms with Gasteiger partial charge in [-0.05, 0) is 18.6 Å². The normalized spacial score (nSPS) is 20.9. The molecule has 1 aromatic heterocycles. The first-order valence-electron chi connectivity index (χ1n) is 5.58. The van der Waals surface area contributed by atoms with Crippen molar-refractivity contribution in [2.45, 2.75) is 12.5 Å². The number of carbonyl (C=O) groups is 2. The van der Waals surface area contributed by atoms with Crippen molar-refractivity contribution in [3.63, 3.8) is 0 Å². The summed E-state index contributed by atoms with van der Waals surface area (Å²) in [5.74, 6) is -1.73. The van der Waals surface area contributed by atoms with Gasteiger partial charge in [-0.15, -0.1) is 0 Å². The third-order valence-electron chi connectivity index (χ3n) is 2.81. The molecule has 1 unspecified atom stereocenters. The molecule has 0 saturated carbocycles. The van der Waals surface area contributed by atoms with Crippen molar-refractivity contribution in [1.29, 1.82) is 0 Å². The van der Waals surface area contributed by atoms with Crippen LogP contribution in [0.25, 0.3) is 0 Å². The fraction of sp³-hybridized carbons (Fsp3) is 0.364. The Morgan fingerprint density at radius 3 is 2.74 bits per heavy atom. The molecule has 0 aromatic carbocycles. The Bertz CT molecular complexity index is 626. The highest BCUT2D eigenvalue weighted by molar-refractivity contribution is 7.91. The van der Waals surface area contributed by atoms with E-state index in [2.05, 4.69) is 10.3 Å². The maximum atomic E-state index is 11.9. The van der Waals surface area contributed by atoms with Crippen LogP contribution in [0.15, 0.2) is 18.3 Å². The van der Waals surface area contributed by atoms with Crippen LogP contribution in [0.3, 0.4) is 0 Å². The molecule has 2 heterocycles. The molecule has 1 fully saturated rings. The largest absolute Gasteiger partial charge is 0.477 e. The number of aromatic nitrogens is 1. The predicted octanol–water partition coefficient (Wildman–Crippen LogP) is -0.303. The average Bonchev–Trinajstić information content (AvgIpc) is 2.68. The molecule has 1 saturated heterocycles. The zero-order chi connectivity index (χ0) is 14.0.